The molecule has 0 saturated heterocycles. The van der Waals surface area contributed by atoms with Gasteiger partial charge in [0.1, 0.15) is 13.0 Å². The first-order chi connectivity index (χ1) is 12.4. The molecule has 26 heavy (non-hydrogen) atoms. The molecule has 5 heteroatoms. The highest BCUT2D eigenvalue weighted by Crippen LogP contribution is 2.38. The predicted molar refractivity (Wildman–Crippen MR) is 108 cm³/mol. The molecular formula is C21H34N3O2-. The van der Waals surface area contributed by atoms with Crippen LogP contribution in [-0.4, -0.2) is 42.3 Å². The Labute approximate surface area is 158 Å². The molecule has 0 spiro atoms. The van der Waals surface area contributed by atoms with Crippen LogP contribution >= 0.6 is 0 Å². The number of ether oxygens (including phenoxy) is 1. The zero-order chi connectivity index (χ0) is 19.3. The predicted octanol–water partition coefficient (Wildman–Crippen LogP) is 3.50. The molecule has 1 aliphatic heterocycles. The quantitative estimate of drug-likeness (QED) is 0.662. The molecule has 1 heterocycles. The van der Waals surface area contributed by atoms with Crippen LogP contribution < -0.4 is 10.2 Å². The Morgan fingerprint density at radius 1 is 1.35 bits per heavy atom. The number of β-amino-alcohol motifs (C(OH)–C–C–N with tert-alkyl or cyclic N) is 1. The monoisotopic (exact) mass is 360 g/mol. The summed E-state index contributed by atoms with van der Waals surface area (Å²) in [6.07, 6.45) is 5.03. The first-order valence-corrected chi connectivity index (χ1v) is 9.66. The smallest absolute Gasteiger partial charge is 0.112 e. The van der Waals surface area contributed by atoms with Gasteiger partial charge in [-0.2, -0.15) is 17.1 Å². The highest BCUT2D eigenvalue weighted by Gasteiger charge is 2.16. The van der Waals surface area contributed by atoms with Crippen molar-refractivity contribution in [2.24, 2.45) is 5.10 Å². The maximum Gasteiger partial charge on any atom is 0.112 e. The minimum absolute atomic E-state index is 0.432. The van der Waals surface area contributed by atoms with Crippen molar-refractivity contribution in [2.75, 3.05) is 19.8 Å². The molecule has 0 saturated carbocycles. The summed E-state index contributed by atoms with van der Waals surface area (Å²) in [6, 6.07) is 0. The van der Waals surface area contributed by atoms with Crippen LogP contribution in [0.4, 0.5) is 0 Å². The second-order valence-electron chi connectivity index (χ2n) is 7.31. The van der Waals surface area contributed by atoms with Crippen molar-refractivity contribution >= 4 is 6.34 Å². The van der Waals surface area contributed by atoms with Crippen LogP contribution in [0, 0.1) is 20.3 Å². The summed E-state index contributed by atoms with van der Waals surface area (Å²) in [4.78, 5) is 1.96. The molecule has 0 aromatic heterocycles. The average Bonchev–Trinajstić information content (AvgIpc) is 3.08. The molecule has 2 rings (SSSR count). The van der Waals surface area contributed by atoms with E-state index in [-0.39, 0.29) is 0 Å². The second kappa shape index (κ2) is 9.17. The zero-order valence-corrected chi connectivity index (χ0v) is 17.1. The summed E-state index contributed by atoms with van der Waals surface area (Å²) < 4.78 is 6.23. The average molecular weight is 361 g/mol. The lowest BCUT2D eigenvalue weighted by atomic mass is 9.84. The Morgan fingerprint density at radius 3 is 2.62 bits per heavy atom. The number of aliphatic hydroxyl groups excluding tert-OH is 1. The molecule has 1 aliphatic rings. The Bertz CT molecular complexity index is 641. The van der Waals surface area contributed by atoms with Crippen molar-refractivity contribution in [2.45, 2.75) is 66.4 Å². The fourth-order valence-electron chi connectivity index (χ4n) is 3.99. The van der Waals surface area contributed by atoms with Gasteiger partial charge in [0, 0.05) is 13.0 Å². The summed E-state index contributed by atoms with van der Waals surface area (Å²) in [5.74, 6) is 1.46. The number of aliphatic hydroxyl groups is 1. The fraction of sp³-hybridized carbons (Fsp3) is 0.619. The van der Waals surface area contributed by atoms with Crippen LogP contribution in [-0.2, 0) is 6.42 Å². The highest BCUT2D eigenvalue weighted by molar-refractivity contribution is 5.58. The number of hydrogen-bond acceptors (Lipinski definition) is 5. The van der Waals surface area contributed by atoms with Gasteiger partial charge in [-0.25, -0.2) is 0 Å². The van der Waals surface area contributed by atoms with Gasteiger partial charge in [0.05, 0.1) is 18.5 Å². The lowest BCUT2D eigenvalue weighted by Gasteiger charge is -2.31. The van der Waals surface area contributed by atoms with E-state index >= 15 is 0 Å². The Kier molecular flexibility index (Phi) is 7.21. The van der Waals surface area contributed by atoms with E-state index in [4.69, 9.17) is 4.74 Å². The SMILES string of the molecule is C[CH-]c1c(C)c(C(C)C)c(C)c(OCCC(O)CN2C=NNC2)c1CC. The van der Waals surface area contributed by atoms with Crippen molar-refractivity contribution in [3.8, 4) is 5.75 Å². The van der Waals surface area contributed by atoms with Crippen LogP contribution in [0.2, 0.25) is 0 Å². The van der Waals surface area contributed by atoms with Crippen molar-refractivity contribution < 1.29 is 9.84 Å². The van der Waals surface area contributed by atoms with Crippen LogP contribution in [0.1, 0.15) is 67.9 Å². The molecule has 0 aliphatic carbocycles. The zero-order valence-electron chi connectivity index (χ0n) is 17.1. The normalized spacial score (nSPS) is 14.7. The van der Waals surface area contributed by atoms with E-state index in [0.29, 0.717) is 32.2 Å². The molecule has 0 amide bonds. The van der Waals surface area contributed by atoms with Gasteiger partial charge < -0.3 is 14.7 Å². The van der Waals surface area contributed by atoms with Gasteiger partial charge in [0.25, 0.3) is 0 Å². The molecule has 0 radical (unpaired) electrons. The van der Waals surface area contributed by atoms with Gasteiger partial charge in [-0.3, -0.25) is 5.43 Å². The first-order valence-electron chi connectivity index (χ1n) is 9.66. The van der Waals surface area contributed by atoms with E-state index in [9.17, 15) is 5.11 Å². The third-order valence-electron chi connectivity index (χ3n) is 5.10. The van der Waals surface area contributed by atoms with Crippen LogP contribution in [0.3, 0.4) is 0 Å². The van der Waals surface area contributed by atoms with E-state index in [2.05, 4.69) is 58.5 Å². The molecule has 146 valence electrons. The number of nitrogens with zero attached hydrogens (tertiary/aromatic N) is 2. The maximum atomic E-state index is 10.3. The molecule has 1 aromatic rings. The number of hydrogen-bond donors (Lipinski definition) is 2. The van der Waals surface area contributed by atoms with E-state index in [1.54, 1.807) is 6.34 Å². The Hall–Kier alpha value is -1.88. The first kappa shape index (κ1) is 20.4. The van der Waals surface area contributed by atoms with Gasteiger partial charge in [-0.1, -0.05) is 46.6 Å². The van der Waals surface area contributed by atoms with E-state index in [1.807, 2.05) is 4.90 Å². The summed E-state index contributed by atoms with van der Waals surface area (Å²) >= 11 is 0. The van der Waals surface area contributed by atoms with Crippen molar-refractivity contribution in [1.29, 1.82) is 0 Å². The molecule has 0 bridgehead atoms. The van der Waals surface area contributed by atoms with Crippen molar-refractivity contribution in [1.82, 2.24) is 10.3 Å². The summed E-state index contributed by atoms with van der Waals surface area (Å²) in [7, 11) is 0. The fourth-order valence-corrected chi connectivity index (χ4v) is 3.99. The topological polar surface area (TPSA) is 57.1 Å². The van der Waals surface area contributed by atoms with Crippen LogP contribution in [0.25, 0.3) is 0 Å². The lowest BCUT2D eigenvalue weighted by molar-refractivity contribution is 0.116. The third-order valence-corrected chi connectivity index (χ3v) is 5.10. The molecule has 1 aromatic carbocycles. The van der Waals surface area contributed by atoms with Gasteiger partial charge in [-0.15, -0.1) is 11.1 Å². The lowest BCUT2D eigenvalue weighted by Crippen LogP contribution is -2.32. The van der Waals surface area contributed by atoms with Crippen LogP contribution in [0.5, 0.6) is 5.75 Å². The van der Waals surface area contributed by atoms with Gasteiger partial charge in [-0.05, 0) is 18.4 Å². The Morgan fingerprint density at radius 2 is 2.08 bits per heavy atom. The van der Waals surface area contributed by atoms with Gasteiger partial charge in [0.15, 0.2) is 0 Å². The largest absolute Gasteiger partial charge is 0.506 e. The minimum Gasteiger partial charge on any atom is -0.506 e. The molecule has 1 unspecified atom stereocenters. The second-order valence-corrected chi connectivity index (χ2v) is 7.31. The van der Waals surface area contributed by atoms with Gasteiger partial charge in [0.2, 0.25) is 0 Å². The molecule has 0 fully saturated rings. The van der Waals surface area contributed by atoms with E-state index in [1.165, 1.54) is 27.8 Å². The third kappa shape index (κ3) is 4.44. The van der Waals surface area contributed by atoms with E-state index < -0.39 is 6.10 Å². The maximum absolute atomic E-state index is 10.3. The van der Waals surface area contributed by atoms with E-state index in [0.717, 1.165) is 12.2 Å². The number of rotatable bonds is 9. The highest BCUT2D eigenvalue weighted by atomic mass is 16.5. The Balaban J connectivity index is 2.14. The standard InChI is InChI=1S/C21H34N3O2/c1-7-18-15(5)20(14(3)4)16(6)21(19(18)8-2)26-10-9-17(25)11-24-12-22-23-13-24/h7,12,14,17,23,25H,8-11,13H2,1-6H3/q-1. The summed E-state index contributed by atoms with van der Waals surface area (Å²) in [5, 5.41) is 14.2. The summed E-state index contributed by atoms with van der Waals surface area (Å²) in [6.45, 7) is 14.9. The van der Waals surface area contributed by atoms with Crippen molar-refractivity contribution in [3.63, 3.8) is 0 Å². The van der Waals surface area contributed by atoms with Crippen molar-refractivity contribution in [3.05, 3.63) is 34.2 Å². The van der Waals surface area contributed by atoms with Gasteiger partial charge >= 0.3 is 0 Å². The molecule has 5 nitrogen and oxygen atoms in total. The summed E-state index contributed by atoms with van der Waals surface area (Å²) in [5.41, 5.74) is 9.43. The molecular weight excluding hydrogens is 326 g/mol. The minimum atomic E-state index is -0.432. The van der Waals surface area contributed by atoms with Crippen LogP contribution in [0.15, 0.2) is 5.10 Å². The molecule has 2 N–H and O–H groups in total. The number of nitrogens with one attached hydrogen (secondary N) is 1. The molecule has 1 atom stereocenters. The number of hydrazone groups is 1. The number of benzene rings is 1.